The van der Waals surface area contributed by atoms with Crippen LogP contribution < -0.4 is 10.2 Å². The monoisotopic (exact) mass is 466 g/mol. The van der Waals surface area contributed by atoms with Crippen LogP contribution in [0.5, 0.6) is 5.75 Å². The molecule has 0 saturated heterocycles. The Morgan fingerprint density at radius 1 is 1.06 bits per heavy atom. The van der Waals surface area contributed by atoms with Crippen LogP contribution in [0.15, 0.2) is 66.0 Å². The summed E-state index contributed by atoms with van der Waals surface area (Å²) < 4.78 is 14.2. The zero-order valence-electron chi connectivity index (χ0n) is 18.2. The van der Waals surface area contributed by atoms with Crippen LogP contribution in [0.25, 0.3) is 0 Å². The van der Waals surface area contributed by atoms with Crippen molar-refractivity contribution in [2.45, 2.75) is 50.6 Å². The number of hydrogen-bond donors (Lipinski definition) is 2. The molecule has 2 N–H and O–H groups in total. The van der Waals surface area contributed by atoms with Crippen LogP contribution in [0, 0.1) is 5.82 Å². The smallest absolute Gasteiger partial charge is 0.248 e. The maximum Gasteiger partial charge on any atom is 0.248 e. The first-order valence-electron chi connectivity index (χ1n) is 11.2. The third kappa shape index (κ3) is 5.79. The van der Waals surface area contributed by atoms with Crippen LogP contribution in [0.2, 0.25) is 0 Å². The molecule has 0 spiro atoms. The Morgan fingerprint density at radius 2 is 1.82 bits per heavy atom. The van der Waals surface area contributed by atoms with Crippen LogP contribution in [-0.4, -0.2) is 23.0 Å². The number of carbonyl (C=O) groups is 2. The van der Waals surface area contributed by atoms with Crippen LogP contribution >= 0.6 is 11.3 Å². The number of anilines is 1. The van der Waals surface area contributed by atoms with Gasteiger partial charge in [0.05, 0.1) is 6.42 Å². The topological polar surface area (TPSA) is 69.6 Å². The lowest BCUT2D eigenvalue weighted by molar-refractivity contribution is -0.127. The standard InChI is InChI=1S/C26H27FN2O3S/c27-19-6-4-9-21(16-19)29(24(31)17-23-10-5-15-33-23)25(18-11-13-22(30)14-12-18)26(32)28-20-7-2-1-3-8-20/h4-6,9-16,20,25,30H,1-3,7-8,17H2,(H,28,32). The van der Waals surface area contributed by atoms with Gasteiger partial charge in [-0.3, -0.25) is 14.5 Å². The van der Waals surface area contributed by atoms with Crippen LogP contribution in [0.3, 0.4) is 0 Å². The van der Waals surface area contributed by atoms with Crippen molar-refractivity contribution in [1.82, 2.24) is 5.32 Å². The lowest BCUT2D eigenvalue weighted by Crippen LogP contribution is -2.47. The molecule has 1 unspecified atom stereocenters. The first-order valence-corrected chi connectivity index (χ1v) is 12.1. The molecule has 33 heavy (non-hydrogen) atoms. The predicted molar refractivity (Wildman–Crippen MR) is 128 cm³/mol. The van der Waals surface area contributed by atoms with E-state index in [0.717, 1.165) is 37.0 Å². The van der Waals surface area contributed by atoms with Crippen LogP contribution in [-0.2, 0) is 16.0 Å². The van der Waals surface area contributed by atoms with Gasteiger partial charge < -0.3 is 10.4 Å². The van der Waals surface area contributed by atoms with E-state index in [1.54, 1.807) is 18.2 Å². The first-order chi connectivity index (χ1) is 16.0. The predicted octanol–water partition coefficient (Wildman–Crippen LogP) is 5.36. The summed E-state index contributed by atoms with van der Waals surface area (Å²) in [5, 5.41) is 14.8. The molecule has 3 aromatic rings. The molecular weight excluding hydrogens is 439 g/mol. The lowest BCUT2D eigenvalue weighted by Gasteiger charge is -2.33. The van der Waals surface area contributed by atoms with Crippen molar-refractivity contribution in [3.63, 3.8) is 0 Å². The van der Waals surface area contributed by atoms with E-state index in [1.807, 2.05) is 17.5 Å². The second kappa shape index (κ2) is 10.6. The molecule has 1 heterocycles. The van der Waals surface area contributed by atoms with Crippen molar-refractivity contribution in [2.24, 2.45) is 0 Å². The summed E-state index contributed by atoms with van der Waals surface area (Å²) in [6.07, 6.45) is 5.16. The quantitative estimate of drug-likeness (QED) is 0.493. The highest BCUT2D eigenvalue weighted by Crippen LogP contribution is 2.31. The number of nitrogens with zero attached hydrogens (tertiary/aromatic N) is 1. The van der Waals surface area contributed by atoms with Gasteiger partial charge in [-0.05, 0) is 60.2 Å². The Hall–Kier alpha value is -3.19. The number of rotatable bonds is 7. The van der Waals surface area contributed by atoms with E-state index in [9.17, 15) is 19.1 Å². The molecule has 2 aromatic carbocycles. The van der Waals surface area contributed by atoms with Gasteiger partial charge in [-0.2, -0.15) is 0 Å². The summed E-state index contributed by atoms with van der Waals surface area (Å²) in [7, 11) is 0. The number of nitrogens with one attached hydrogen (secondary N) is 1. The number of benzene rings is 2. The van der Waals surface area contributed by atoms with E-state index in [-0.39, 0.29) is 30.0 Å². The molecule has 1 atom stereocenters. The number of thiophene rings is 1. The van der Waals surface area contributed by atoms with Crippen molar-refractivity contribution < 1.29 is 19.1 Å². The summed E-state index contributed by atoms with van der Waals surface area (Å²) in [5.74, 6) is -1.04. The Kier molecular flexibility index (Phi) is 7.40. The van der Waals surface area contributed by atoms with Crippen LogP contribution in [0.4, 0.5) is 10.1 Å². The molecule has 1 aliphatic carbocycles. The highest BCUT2D eigenvalue weighted by molar-refractivity contribution is 7.10. The molecule has 1 fully saturated rings. The van der Waals surface area contributed by atoms with E-state index >= 15 is 0 Å². The van der Waals surface area contributed by atoms with Crippen molar-refractivity contribution in [3.8, 4) is 5.75 Å². The second-order valence-corrected chi connectivity index (χ2v) is 9.37. The molecule has 0 radical (unpaired) electrons. The highest BCUT2D eigenvalue weighted by atomic mass is 32.1. The Bertz CT molecular complexity index is 1080. The van der Waals surface area contributed by atoms with E-state index in [1.165, 1.54) is 46.6 Å². The number of carbonyl (C=O) groups excluding carboxylic acids is 2. The lowest BCUT2D eigenvalue weighted by atomic mass is 9.94. The zero-order chi connectivity index (χ0) is 23.2. The fraction of sp³-hybridized carbons (Fsp3) is 0.308. The minimum atomic E-state index is -0.998. The van der Waals surface area contributed by atoms with E-state index in [4.69, 9.17) is 0 Å². The number of amides is 2. The van der Waals surface area contributed by atoms with E-state index in [2.05, 4.69) is 5.32 Å². The fourth-order valence-corrected chi connectivity index (χ4v) is 5.01. The number of halogens is 1. The average Bonchev–Trinajstić information content (AvgIpc) is 3.31. The first kappa shape index (κ1) is 23.0. The molecule has 172 valence electrons. The largest absolute Gasteiger partial charge is 0.508 e. The molecule has 7 heteroatoms. The van der Waals surface area contributed by atoms with Gasteiger partial charge in [0.1, 0.15) is 17.6 Å². The van der Waals surface area contributed by atoms with Crippen molar-refractivity contribution in [1.29, 1.82) is 0 Å². The molecular formula is C26H27FN2O3S. The summed E-state index contributed by atoms with van der Waals surface area (Å²) in [4.78, 5) is 29.5. The summed E-state index contributed by atoms with van der Waals surface area (Å²) in [5.41, 5.74) is 0.860. The van der Waals surface area contributed by atoms with E-state index in [0.29, 0.717) is 11.3 Å². The summed E-state index contributed by atoms with van der Waals surface area (Å²) in [6.45, 7) is 0. The molecule has 2 amide bonds. The molecule has 1 aliphatic rings. The summed E-state index contributed by atoms with van der Waals surface area (Å²) >= 11 is 1.46. The SMILES string of the molecule is O=C(NC1CCCCC1)C(c1ccc(O)cc1)N(C(=O)Cc1cccs1)c1cccc(F)c1. The summed E-state index contributed by atoms with van der Waals surface area (Å²) in [6, 6.07) is 14.8. The second-order valence-electron chi connectivity index (χ2n) is 8.34. The maximum absolute atomic E-state index is 14.2. The van der Waals surface area contributed by atoms with Gasteiger partial charge in [0.15, 0.2) is 0 Å². The number of hydrogen-bond acceptors (Lipinski definition) is 4. The van der Waals surface area contributed by atoms with Gasteiger partial charge in [-0.1, -0.05) is 43.5 Å². The van der Waals surface area contributed by atoms with Gasteiger partial charge in [-0.15, -0.1) is 11.3 Å². The maximum atomic E-state index is 14.2. The number of phenolic OH excluding ortho intramolecular Hbond substituents is 1. The highest BCUT2D eigenvalue weighted by Gasteiger charge is 2.34. The Labute approximate surface area is 196 Å². The minimum absolute atomic E-state index is 0.0487. The number of phenols is 1. The zero-order valence-corrected chi connectivity index (χ0v) is 19.1. The van der Waals surface area contributed by atoms with Crippen molar-refractivity contribution in [2.75, 3.05) is 4.90 Å². The molecule has 0 bridgehead atoms. The van der Waals surface area contributed by atoms with E-state index < -0.39 is 11.9 Å². The minimum Gasteiger partial charge on any atom is -0.508 e. The Morgan fingerprint density at radius 3 is 2.48 bits per heavy atom. The van der Waals surface area contributed by atoms with Gasteiger partial charge in [-0.25, -0.2) is 4.39 Å². The molecule has 4 rings (SSSR count). The Balaban J connectivity index is 1.74. The normalized spacial score (nSPS) is 15.1. The van der Waals surface area contributed by atoms with Gasteiger partial charge in [0.25, 0.3) is 0 Å². The van der Waals surface area contributed by atoms with Gasteiger partial charge in [0.2, 0.25) is 11.8 Å². The molecule has 0 aliphatic heterocycles. The van der Waals surface area contributed by atoms with Crippen molar-refractivity contribution in [3.05, 3.63) is 82.3 Å². The number of aromatic hydroxyl groups is 1. The molecule has 1 aromatic heterocycles. The average molecular weight is 467 g/mol. The third-order valence-electron chi connectivity index (χ3n) is 5.93. The van der Waals surface area contributed by atoms with Crippen LogP contribution in [0.1, 0.15) is 48.6 Å². The van der Waals surface area contributed by atoms with Crippen molar-refractivity contribution >= 4 is 28.8 Å². The third-order valence-corrected chi connectivity index (χ3v) is 6.80. The van der Waals surface area contributed by atoms with Gasteiger partial charge in [0, 0.05) is 16.6 Å². The molecule has 5 nitrogen and oxygen atoms in total. The fourth-order valence-electron chi connectivity index (χ4n) is 4.31. The van der Waals surface area contributed by atoms with Gasteiger partial charge >= 0.3 is 0 Å². The molecule has 1 saturated carbocycles.